The van der Waals surface area contributed by atoms with Crippen molar-refractivity contribution in [2.75, 3.05) is 32.7 Å². The molecule has 0 aromatic heterocycles. The van der Waals surface area contributed by atoms with Crippen molar-refractivity contribution in [3.8, 4) is 0 Å². The molecule has 1 amide bonds. The van der Waals surface area contributed by atoms with Gasteiger partial charge in [0.05, 0.1) is 11.4 Å². The zero-order valence-corrected chi connectivity index (χ0v) is 13.2. The number of hydrogen-bond donors (Lipinski definition) is 1. The highest BCUT2D eigenvalue weighted by molar-refractivity contribution is 9.10. The first-order chi connectivity index (χ1) is 9.39. The molecule has 8 heteroatoms. The Morgan fingerprint density at radius 1 is 1.25 bits per heavy atom. The smallest absolute Gasteiger partial charge is 0.243 e. The van der Waals surface area contributed by atoms with Crippen LogP contribution in [0, 0.1) is 0 Å². The van der Waals surface area contributed by atoms with Crippen LogP contribution in [0.25, 0.3) is 0 Å². The van der Waals surface area contributed by atoms with Crippen LogP contribution in [0.1, 0.15) is 0 Å². The molecule has 1 saturated heterocycles. The Bertz CT molecular complexity index is 598. The third kappa shape index (κ3) is 3.57. The van der Waals surface area contributed by atoms with E-state index in [-0.39, 0.29) is 11.4 Å². The summed E-state index contributed by atoms with van der Waals surface area (Å²) in [5, 5.41) is 0. The predicted molar refractivity (Wildman–Crippen MR) is 78.5 cm³/mol. The van der Waals surface area contributed by atoms with E-state index >= 15 is 0 Å². The van der Waals surface area contributed by atoms with Gasteiger partial charge in [-0.3, -0.25) is 9.69 Å². The van der Waals surface area contributed by atoms with Crippen molar-refractivity contribution < 1.29 is 13.2 Å². The number of nitrogens with two attached hydrogens (primary N) is 1. The highest BCUT2D eigenvalue weighted by Gasteiger charge is 2.28. The maximum absolute atomic E-state index is 12.5. The van der Waals surface area contributed by atoms with Crippen molar-refractivity contribution in [3.63, 3.8) is 0 Å². The molecule has 1 aromatic rings. The quantitative estimate of drug-likeness (QED) is 0.832. The maximum atomic E-state index is 12.5. The second-order valence-corrected chi connectivity index (χ2v) is 7.46. The van der Waals surface area contributed by atoms with Gasteiger partial charge in [0.25, 0.3) is 0 Å². The van der Waals surface area contributed by atoms with Crippen LogP contribution in [-0.2, 0) is 14.8 Å². The number of halogens is 1. The molecule has 2 rings (SSSR count). The fraction of sp³-hybridized carbons (Fsp3) is 0.417. The minimum Gasteiger partial charge on any atom is -0.369 e. The summed E-state index contributed by atoms with van der Waals surface area (Å²) >= 11 is 3.27. The van der Waals surface area contributed by atoms with Crippen LogP contribution >= 0.6 is 15.9 Å². The fourth-order valence-electron chi connectivity index (χ4n) is 2.12. The van der Waals surface area contributed by atoms with Crippen LogP contribution in [0.2, 0.25) is 0 Å². The molecular formula is C12H16BrN3O3S. The van der Waals surface area contributed by atoms with Crippen LogP contribution < -0.4 is 5.73 Å². The molecule has 2 N–H and O–H groups in total. The first-order valence-electron chi connectivity index (χ1n) is 6.16. The second-order valence-electron chi connectivity index (χ2n) is 4.60. The standard InChI is InChI=1S/C12H16BrN3O3S/c13-10-2-1-3-11(8-10)20(18,19)16-6-4-15(5-7-16)9-12(14)17/h1-3,8H,4-7,9H2,(H2,14,17). The van der Waals surface area contributed by atoms with Crippen molar-refractivity contribution >= 4 is 31.9 Å². The number of piperazine rings is 1. The van der Waals surface area contributed by atoms with Gasteiger partial charge in [0.15, 0.2) is 0 Å². The van der Waals surface area contributed by atoms with Gasteiger partial charge in [-0.2, -0.15) is 4.31 Å². The average molecular weight is 362 g/mol. The van der Waals surface area contributed by atoms with E-state index in [1.54, 1.807) is 24.3 Å². The SMILES string of the molecule is NC(=O)CN1CCN(S(=O)(=O)c2cccc(Br)c2)CC1. The van der Waals surface area contributed by atoms with Gasteiger partial charge in [0.2, 0.25) is 15.9 Å². The number of primary amides is 1. The fourth-order valence-corrected chi connectivity index (χ4v) is 4.14. The monoisotopic (exact) mass is 361 g/mol. The van der Waals surface area contributed by atoms with Crippen molar-refractivity contribution in [2.24, 2.45) is 5.73 Å². The number of nitrogens with zero attached hydrogens (tertiary/aromatic N) is 2. The lowest BCUT2D eigenvalue weighted by atomic mass is 10.3. The van der Waals surface area contributed by atoms with Gasteiger partial charge < -0.3 is 5.73 Å². The lowest BCUT2D eigenvalue weighted by Crippen LogP contribution is -2.50. The Hall–Kier alpha value is -0.960. The lowest BCUT2D eigenvalue weighted by molar-refractivity contribution is -0.119. The van der Waals surface area contributed by atoms with E-state index in [1.165, 1.54) is 4.31 Å². The van der Waals surface area contributed by atoms with E-state index in [1.807, 2.05) is 4.90 Å². The molecule has 1 aliphatic rings. The molecular weight excluding hydrogens is 346 g/mol. The first kappa shape index (κ1) is 15.4. The second kappa shape index (κ2) is 6.21. The largest absolute Gasteiger partial charge is 0.369 e. The predicted octanol–water partition coefficient (Wildman–Crippen LogP) is 0.241. The van der Waals surface area contributed by atoms with Crippen LogP contribution in [0.5, 0.6) is 0 Å². The minimum absolute atomic E-state index is 0.171. The number of amides is 1. The summed E-state index contributed by atoms with van der Waals surface area (Å²) in [5.74, 6) is -0.395. The maximum Gasteiger partial charge on any atom is 0.243 e. The van der Waals surface area contributed by atoms with Crippen LogP contribution in [0.3, 0.4) is 0 Å². The molecule has 1 heterocycles. The van der Waals surface area contributed by atoms with Gasteiger partial charge >= 0.3 is 0 Å². The van der Waals surface area contributed by atoms with Crippen LogP contribution in [0.15, 0.2) is 33.6 Å². The molecule has 1 fully saturated rings. The van der Waals surface area contributed by atoms with Crippen molar-refractivity contribution in [1.29, 1.82) is 0 Å². The molecule has 1 aliphatic heterocycles. The summed E-state index contributed by atoms with van der Waals surface area (Å²) in [6.07, 6.45) is 0. The van der Waals surface area contributed by atoms with E-state index in [2.05, 4.69) is 15.9 Å². The molecule has 0 atom stereocenters. The van der Waals surface area contributed by atoms with E-state index in [9.17, 15) is 13.2 Å². The normalized spacial score (nSPS) is 18.1. The van der Waals surface area contributed by atoms with Crippen LogP contribution in [-0.4, -0.2) is 56.3 Å². The molecule has 0 aliphatic carbocycles. The van der Waals surface area contributed by atoms with Gasteiger partial charge in [-0.05, 0) is 18.2 Å². The Morgan fingerprint density at radius 3 is 2.45 bits per heavy atom. The molecule has 0 unspecified atom stereocenters. The third-order valence-corrected chi connectivity index (χ3v) is 5.53. The molecule has 110 valence electrons. The first-order valence-corrected chi connectivity index (χ1v) is 8.39. The molecule has 20 heavy (non-hydrogen) atoms. The van der Waals surface area contributed by atoms with E-state index < -0.39 is 15.9 Å². The van der Waals surface area contributed by atoms with Crippen molar-refractivity contribution in [2.45, 2.75) is 4.90 Å². The molecule has 0 radical (unpaired) electrons. The summed E-state index contributed by atoms with van der Waals surface area (Å²) in [5.41, 5.74) is 5.13. The Morgan fingerprint density at radius 2 is 1.90 bits per heavy atom. The van der Waals surface area contributed by atoms with Crippen molar-refractivity contribution in [3.05, 3.63) is 28.7 Å². The molecule has 1 aromatic carbocycles. The minimum atomic E-state index is -3.48. The summed E-state index contributed by atoms with van der Waals surface area (Å²) in [7, 11) is -3.48. The Balaban J connectivity index is 2.08. The summed E-state index contributed by atoms with van der Waals surface area (Å²) in [4.78, 5) is 13.0. The molecule has 0 saturated carbocycles. The number of sulfonamides is 1. The highest BCUT2D eigenvalue weighted by atomic mass is 79.9. The van der Waals surface area contributed by atoms with E-state index in [0.717, 1.165) is 4.47 Å². The Kier molecular flexibility index (Phi) is 4.79. The lowest BCUT2D eigenvalue weighted by Gasteiger charge is -2.33. The summed E-state index contributed by atoms with van der Waals surface area (Å²) < 4.78 is 27.1. The molecule has 0 spiro atoms. The number of carbonyl (C=O) groups excluding carboxylic acids is 1. The van der Waals surface area contributed by atoms with Crippen molar-refractivity contribution in [1.82, 2.24) is 9.21 Å². The Labute approximate surface area is 126 Å². The van der Waals surface area contributed by atoms with Gasteiger partial charge in [-0.15, -0.1) is 0 Å². The third-order valence-electron chi connectivity index (χ3n) is 3.14. The van der Waals surface area contributed by atoms with Gasteiger partial charge in [-0.1, -0.05) is 22.0 Å². The zero-order valence-electron chi connectivity index (χ0n) is 10.8. The number of carbonyl (C=O) groups is 1. The highest BCUT2D eigenvalue weighted by Crippen LogP contribution is 2.21. The van der Waals surface area contributed by atoms with Crippen LogP contribution in [0.4, 0.5) is 0 Å². The van der Waals surface area contributed by atoms with Gasteiger partial charge in [0.1, 0.15) is 0 Å². The average Bonchev–Trinajstić information content (AvgIpc) is 2.38. The van der Waals surface area contributed by atoms with Gasteiger partial charge in [0, 0.05) is 30.7 Å². The van der Waals surface area contributed by atoms with E-state index in [4.69, 9.17) is 5.73 Å². The number of hydrogen-bond acceptors (Lipinski definition) is 4. The zero-order chi connectivity index (χ0) is 14.8. The molecule has 0 bridgehead atoms. The number of benzene rings is 1. The summed E-state index contributed by atoms with van der Waals surface area (Å²) in [6.45, 7) is 1.92. The topological polar surface area (TPSA) is 83.7 Å². The molecule has 6 nitrogen and oxygen atoms in total. The summed E-state index contributed by atoms with van der Waals surface area (Å²) in [6, 6.07) is 6.64. The van der Waals surface area contributed by atoms with Gasteiger partial charge in [-0.25, -0.2) is 8.42 Å². The number of rotatable bonds is 4. The van der Waals surface area contributed by atoms with E-state index in [0.29, 0.717) is 26.2 Å².